The number of amides is 1. The molecule has 4 aromatic rings. The van der Waals surface area contributed by atoms with Crippen LogP contribution in [-0.2, 0) is 6.18 Å². The molecule has 0 spiro atoms. The van der Waals surface area contributed by atoms with E-state index in [4.69, 9.17) is 0 Å². The van der Waals surface area contributed by atoms with Crippen LogP contribution in [0, 0.1) is 0 Å². The third kappa shape index (κ3) is 4.88. The minimum atomic E-state index is -4.38. The third-order valence-corrected chi connectivity index (χ3v) is 5.74. The fourth-order valence-electron chi connectivity index (χ4n) is 3.82. The topological polar surface area (TPSA) is 45.2 Å². The number of fused-ring (bicyclic) bond motifs is 1. The summed E-state index contributed by atoms with van der Waals surface area (Å²) in [5.74, 6) is -0.230. The zero-order valence-electron chi connectivity index (χ0n) is 19.0. The van der Waals surface area contributed by atoms with Gasteiger partial charge in [-0.15, -0.1) is 0 Å². The van der Waals surface area contributed by atoms with Gasteiger partial charge in [0.25, 0.3) is 5.91 Å². The number of halogens is 3. The van der Waals surface area contributed by atoms with Crippen LogP contribution in [0.2, 0.25) is 0 Å². The van der Waals surface area contributed by atoms with Gasteiger partial charge in [-0.05, 0) is 65.2 Å². The summed E-state index contributed by atoms with van der Waals surface area (Å²) in [6.07, 6.45) is -2.66. The van der Waals surface area contributed by atoms with Gasteiger partial charge in [0.15, 0.2) is 0 Å². The van der Waals surface area contributed by atoms with Crippen molar-refractivity contribution in [3.05, 3.63) is 95.8 Å². The van der Waals surface area contributed by atoms with E-state index in [0.29, 0.717) is 11.1 Å². The normalized spacial score (nSPS) is 12.4. The second-order valence-corrected chi connectivity index (χ2v) is 8.35. The maximum Gasteiger partial charge on any atom is 0.416 e. The van der Waals surface area contributed by atoms with Gasteiger partial charge in [-0.3, -0.25) is 9.78 Å². The van der Waals surface area contributed by atoms with E-state index < -0.39 is 11.7 Å². The molecule has 3 aromatic carbocycles. The predicted octanol–water partition coefficient (Wildman–Crippen LogP) is 6.48. The molecule has 174 valence electrons. The molecular formula is C27H24F3N3O. The van der Waals surface area contributed by atoms with Gasteiger partial charge in [-0.2, -0.15) is 13.2 Å². The summed E-state index contributed by atoms with van der Waals surface area (Å²) in [6.45, 7) is 1.88. The number of aromatic nitrogens is 1. The van der Waals surface area contributed by atoms with Gasteiger partial charge in [0.1, 0.15) is 0 Å². The van der Waals surface area contributed by atoms with E-state index in [1.54, 1.807) is 18.3 Å². The molecule has 1 unspecified atom stereocenters. The third-order valence-electron chi connectivity index (χ3n) is 5.74. The molecule has 4 rings (SSSR count). The van der Waals surface area contributed by atoms with Gasteiger partial charge in [0.2, 0.25) is 0 Å². The van der Waals surface area contributed by atoms with Crippen LogP contribution in [-0.4, -0.2) is 25.0 Å². The Kier molecular flexibility index (Phi) is 6.28. The lowest BCUT2D eigenvalue weighted by atomic mass is 9.96. The van der Waals surface area contributed by atoms with Crippen LogP contribution in [0.3, 0.4) is 0 Å². The highest BCUT2D eigenvalue weighted by atomic mass is 19.4. The number of anilines is 1. The first-order chi connectivity index (χ1) is 16.1. The number of carbonyl (C=O) groups is 1. The van der Waals surface area contributed by atoms with Crippen molar-refractivity contribution < 1.29 is 18.0 Å². The average molecular weight is 464 g/mol. The van der Waals surface area contributed by atoms with Crippen molar-refractivity contribution >= 4 is 22.4 Å². The van der Waals surface area contributed by atoms with Crippen LogP contribution >= 0.6 is 0 Å². The standard InChI is InChI=1S/C27H24F3N3O/c1-17(25-16-22(33(2)3)13-14-31-25)32-26(34)20-9-12-24-19(15-20)5-4-6-23(24)18-7-10-21(11-8-18)27(28,29)30/h4-17H,1-3H3,(H,32,34). The Bertz CT molecular complexity index is 1330. The highest BCUT2D eigenvalue weighted by Gasteiger charge is 2.30. The van der Waals surface area contributed by atoms with Crippen LogP contribution in [0.1, 0.15) is 34.6 Å². The zero-order valence-corrected chi connectivity index (χ0v) is 19.0. The second kappa shape index (κ2) is 9.17. The van der Waals surface area contributed by atoms with E-state index in [9.17, 15) is 18.0 Å². The summed E-state index contributed by atoms with van der Waals surface area (Å²) < 4.78 is 38.7. The Balaban J connectivity index is 1.58. The van der Waals surface area contributed by atoms with Crippen LogP contribution in [0.25, 0.3) is 21.9 Å². The van der Waals surface area contributed by atoms with E-state index in [1.165, 1.54) is 12.1 Å². The molecule has 1 atom stereocenters. The van der Waals surface area contributed by atoms with Crippen LogP contribution < -0.4 is 10.2 Å². The minimum Gasteiger partial charge on any atom is -0.378 e. The molecule has 1 N–H and O–H groups in total. The van der Waals surface area contributed by atoms with Crippen LogP contribution in [0.15, 0.2) is 79.0 Å². The molecule has 0 aliphatic heterocycles. The number of hydrogen-bond acceptors (Lipinski definition) is 3. The fraction of sp³-hybridized carbons (Fsp3) is 0.185. The summed E-state index contributed by atoms with van der Waals surface area (Å²) in [4.78, 5) is 19.3. The SMILES string of the molecule is CC(NC(=O)c1ccc2c(-c3ccc(C(F)(F)F)cc3)cccc2c1)c1cc(N(C)C)ccn1. The van der Waals surface area contributed by atoms with Gasteiger partial charge in [-0.1, -0.05) is 36.4 Å². The zero-order chi connectivity index (χ0) is 24.5. The van der Waals surface area contributed by atoms with E-state index in [0.717, 1.165) is 39.8 Å². The lowest BCUT2D eigenvalue weighted by molar-refractivity contribution is -0.137. The molecule has 7 heteroatoms. The summed E-state index contributed by atoms with van der Waals surface area (Å²) >= 11 is 0. The van der Waals surface area contributed by atoms with Crippen LogP contribution in [0.5, 0.6) is 0 Å². The molecule has 0 saturated heterocycles. The summed E-state index contributed by atoms with van der Waals surface area (Å²) in [5.41, 5.74) is 3.04. The highest BCUT2D eigenvalue weighted by Crippen LogP contribution is 2.33. The molecule has 1 amide bonds. The Labute approximate surface area is 196 Å². The number of carbonyl (C=O) groups excluding carboxylic acids is 1. The molecule has 4 nitrogen and oxygen atoms in total. The number of benzene rings is 3. The fourth-order valence-corrected chi connectivity index (χ4v) is 3.82. The van der Waals surface area contributed by atoms with Crippen molar-refractivity contribution in [1.29, 1.82) is 0 Å². The predicted molar refractivity (Wildman–Crippen MR) is 129 cm³/mol. The van der Waals surface area contributed by atoms with Gasteiger partial charge in [0, 0.05) is 31.5 Å². The Morgan fingerprint density at radius 1 is 0.971 bits per heavy atom. The van der Waals surface area contributed by atoms with Crippen molar-refractivity contribution in [2.75, 3.05) is 19.0 Å². The molecule has 0 fully saturated rings. The van der Waals surface area contributed by atoms with Gasteiger partial charge < -0.3 is 10.2 Å². The Morgan fingerprint density at radius 3 is 2.38 bits per heavy atom. The Hall–Kier alpha value is -3.87. The van der Waals surface area contributed by atoms with Crippen molar-refractivity contribution in [3.8, 4) is 11.1 Å². The first kappa shape index (κ1) is 23.3. The number of hydrogen-bond donors (Lipinski definition) is 1. The first-order valence-corrected chi connectivity index (χ1v) is 10.8. The average Bonchev–Trinajstić information content (AvgIpc) is 2.82. The van der Waals surface area contributed by atoms with Gasteiger partial charge >= 0.3 is 6.18 Å². The molecule has 1 aromatic heterocycles. The summed E-state index contributed by atoms with van der Waals surface area (Å²) in [6, 6.07) is 19.5. The van der Waals surface area contributed by atoms with Crippen molar-refractivity contribution in [2.45, 2.75) is 19.1 Å². The Morgan fingerprint density at radius 2 is 1.71 bits per heavy atom. The maximum absolute atomic E-state index is 12.9. The molecule has 0 bridgehead atoms. The number of nitrogens with zero attached hydrogens (tertiary/aromatic N) is 2. The van der Waals surface area contributed by atoms with E-state index in [1.807, 2.05) is 62.3 Å². The molecule has 0 aliphatic carbocycles. The largest absolute Gasteiger partial charge is 0.416 e. The number of rotatable bonds is 5. The summed E-state index contributed by atoms with van der Waals surface area (Å²) in [5, 5.41) is 4.66. The lowest BCUT2D eigenvalue weighted by Crippen LogP contribution is -2.27. The minimum absolute atomic E-state index is 0.230. The van der Waals surface area contributed by atoms with Crippen molar-refractivity contribution in [1.82, 2.24) is 10.3 Å². The van der Waals surface area contributed by atoms with E-state index in [-0.39, 0.29) is 11.9 Å². The quantitative estimate of drug-likeness (QED) is 0.369. The number of nitrogens with one attached hydrogen (secondary N) is 1. The monoisotopic (exact) mass is 463 g/mol. The van der Waals surface area contributed by atoms with Crippen molar-refractivity contribution in [3.63, 3.8) is 0 Å². The first-order valence-electron chi connectivity index (χ1n) is 10.8. The molecule has 1 heterocycles. The molecule has 0 radical (unpaired) electrons. The smallest absolute Gasteiger partial charge is 0.378 e. The molecular weight excluding hydrogens is 439 g/mol. The lowest BCUT2D eigenvalue weighted by Gasteiger charge is -2.17. The molecule has 34 heavy (non-hydrogen) atoms. The summed E-state index contributed by atoms with van der Waals surface area (Å²) in [7, 11) is 3.88. The molecule has 0 saturated carbocycles. The highest BCUT2D eigenvalue weighted by molar-refractivity contribution is 6.02. The van der Waals surface area contributed by atoms with Crippen LogP contribution in [0.4, 0.5) is 18.9 Å². The second-order valence-electron chi connectivity index (χ2n) is 8.35. The maximum atomic E-state index is 12.9. The van der Waals surface area contributed by atoms with E-state index in [2.05, 4.69) is 10.3 Å². The van der Waals surface area contributed by atoms with Gasteiger partial charge in [-0.25, -0.2) is 0 Å². The number of pyridine rings is 1. The number of alkyl halides is 3. The van der Waals surface area contributed by atoms with Crippen molar-refractivity contribution in [2.24, 2.45) is 0 Å². The molecule has 0 aliphatic rings. The van der Waals surface area contributed by atoms with E-state index >= 15 is 0 Å². The van der Waals surface area contributed by atoms with Gasteiger partial charge in [0.05, 0.1) is 17.3 Å².